The van der Waals surface area contributed by atoms with Crippen molar-refractivity contribution in [1.82, 2.24) is 0 Å². The maximum absolute atomic E-state index is 8.77. The summed E-state index contributed by atoms with van der Waals surface area (Å²) in [5.41, 5.74) is 0.966. The Morgan fingerprint density at radius 3 is 2.00 bits per heavy atom. The van der Waals surface area contributed by atoms with E-state index in [9.17, 15) is 0 Å². The molecule has 0 unspecified atom stereocenters. The van der Waals surface area contributed by atoms with Gasteiger partial charge in [0.25, 0.3) is 0 Å². The second-order valence-electron chi connectivity index (χ2n) is 2.02. The van der Waals surface area contributed by atoms with Crippen molar-refractivity contribution in [3.05, 3.63) is 23.8 Å². The molecule has 0 amide bonds. The number of rotatable bonds is 1. The molecule has 0 aliphatic rings. The summed E-state index contributed by atoms with van der Waals surface area (Å²) in [4.78, 5) is 0. The molecule has 0 bridgehead atoms. The zero-order valence-electron chi connectivity index (χ0n) is 5.28. The first kappa shape index (κ1) is 8.32. The van der Waals surface area contributed by atoms with Crippen molar-refractivity contribution < 1.29 is 5.11 Å². The molecular formula is C7H8OSe2. The summed E-state index contributed by atoms with van der Waals surface area (Å²) in [6.07, 6.45) is 0. The Labute approximate surface area is 76.5 Å². The van der Waals surface area contributed by atoms with Crippen LogP contribution < -0.4 is 8.92 Å². The van der Waals surface area contributed by atoms with Gasteiger partial charge in [-0.25, -0.2) is 0 Å². The van der Waals surface area contributed by atoms with Gasteiger partial charge in [-0.05, 0) is 0 Å². The molecule has 0 radical (unpaired) electrons. The van der Waals surface area contributed by atoms with E-state index in [0.717, 1.165) is 14.5 Å². The Morgan fingerprint density at radius 1 is 1.10 bits per heavy atom. The normalized spacial score (nSPS) is 9.90. The van der Waals surface area contributed by atoms with Gasteiger partial charge in [0, 0.05) is 0 Å². The fourth-order valence-corrected chi connectivity index (χ4v) is 2.51. The van der Waals surface area contributed by atoms with Gasteiger partial charge in [-0.1, -0.05) is 0 Å². The summed E-state index contributed by atoms with van der Waals surface area (Å²) >= 11 is 4.92. The molecule has 3 heteroatoms. The van der Waals surface area contributed by atoms with E-state index in [1.165, 1.54) is 0 Å². The van der Waals surface area contributed by atoms with Crippen LogP contribution >= 0.6 is 0 Å². The number of aliphatic hydroxyl groups excluding tert-OH is 1. The van der Waals surface area contributed by atoms with Gasteiger partial charge in [0.1, 0.15) is 0 Å². The molecule has 1 aromatic rings. The summed E-state index contributed by atoms with van der Waals surface area (Å²) < 4.78 is 2.27. The first-order valence-electron chi connectivity index (χ1n) is 2.85. The summed E-state index contributed by atoms with van der Waals surface area (Å²) in [6, 6.07) is 5.95. The Bertz CT molecular complexity index is 215. The van der Waals surface area contributed by atoms with E-state index in [0.29, 0.717) is 0 Å². The molecule has 0 fully saturated rings. The summed E-state index contributed by atoms with van der Waals surface area (Å²) in [5.74, 6) is 0. The van der Waals surface area contributed by atoms with E-state index in [2.05, 4.69) is 32.0 Å². The van der Waals surface area contributed by atoms with Gasteiger partial charge in [0.05, 0.1) is 0 Å². The van der Waals surface area contributed by atoms with E-state index in [1.807, 2.05) is 18.2 Å². The Balaban J connectivity index is 3.06. The molecular weight excluding hydrogens is 258 g/mol. The molecule has 1 nitrogen and oxygen atoms in total. The van der Waals surface area contributed by atoms with Gasteiger partial charge in [0.2, 0.25) is 0 Å². The Kier molecular flexibility index (Phi) is 2.96. The Hall–Kier alpha value is 0.219. The SMILES string of the molecule is OCc1cc([SeH])cc([SeH])c1. The predicted octanol–water partition coefficient (Wildman–Crippen LogP) is -1.77. The quantitative estimate of drug-likeness (QED) is 0.597. The third kappa shape index (κ3) is 2.12. The van der Waals surface area contributed by atoms with Crippen LogP contribution in [-0.4, -0.2) is 37.1 Å². The van der Waals surface area contributed by atoms with E-state index < -0.39 is 0 Å². The fourth-order valence-electron chi connectivity index (χ4n) is 0.748. The molecule has 0 aliphatic carbocycles. The van der Waals surface area contributed by atoms with Crippen LogP contribution in [0.2, 0.25) is 0 Å². The van der Waals surface area contributed by atoms with Crippen LogP contribution in [0.25, 0.3) is 0 Å². The van der Waals surface area contributed by atoms with Crippen LogP contribution in [0.15, 0.2) is 18.2 Å². The zero-order valence-corrected chi connectivity index (χ0v) is 9.03. The maximum atomic E-state index is 8.77. The summed E-state index contributed by atoms with van der Waals surface area (Å²) in [7, 11) is 0. The Morgan fingerprint density at radius 2 is 1.60 bits per heavy atom. The van der Waals surface area contributed by atoms with Gasteiger partial charge in [-0.3, -0.25) is 0 Å². The molecule has 54 valence electrons. The first-order chi connectivity index (χ1) is 4.72. The number of benzene rings is 1. The molecule has 1 aromatic carbocycles. The average molecular weight is 266 g/mol. The van der Waals surface area contributed by atoms with E-state index in [4.69, 9.17) is 5.11 Å². The third-order valence-corrected chi connectivity index (χ3v) is 2.23. The van der Waals surface area contributed by atoms with Crippen LogP contribution in [0.5, 0.6) is 0 Å². The second-order valence-corrected chi connectivity index (χ2v) is 4.18. The fraction of sp³-hybridized carbons (Fsp3) is 0.143. The van der Waals surface area contributed by atoms with Crippen LogP contribution in [0.1, 0.15) is 5.56 Å². The monoisotopic (exact) mass is 268 g/mol. The first-order valence-corrected chi connectivity index (χ1v) is 4.73. The molecule has 1 rings (SSSR count). The predicted molar refractivity (Wildman–Crippen MR) is 45.9 cm³/mol. The van der Waals surface area contributed by atoms with Gasteiger partial charge in [0.15, 0.2) is 0 Å². The van der Waals surface area contributed by atoms with Crippen molar-refractivity contribution in [1.29, 1.82) is 0 Å². The summed E-state index contributed by atoms with van der Waals surface area (Å²) in [6.45, 7) is 0.121. The van der Waals surface area contributed by atoms with Crippen molar-refractivity contribution in [3.63, 3.8) is 0 Å². The molecule has 0 aliphatic heterocycles. The van der Waals surface area contributed by atoms with Crippen molar-refractivity contribution in [2.45, 2.75) is 6.61 Å². The van der Waals surface area contributed by atoms with E-state index in [1.54, 1.807) is 0 Å². The molecule has 0 saturated carbocycles. The third-order valence-electron chi connectivity index (χ3n) is 1.14. The minimum atomic E-state index is 0.121. The van der Waals surface area contributed by atoms with Crippen molar-refractivity contribution >= 4 is 40.9 Å². The van der Waals surface area contributed by atoms with Crippen LogP contribution in [-0.2, 0) is 6.61 Å². The van der Waals surface area contributed by atoms with Crippen molar-refractivity contribution in [2.75, 3.05) is 0 Å². The zero-order chi connectivity index (χ0) is 7.56. The van der Waals surface area contributed by atoms with Gasteiger partial charge in [-0.2, -0.15) is 0 Å². The average Bonchev–Trinajstić information content (AvgIpc) is 1.85. The van der Waals surface area contributed by atoms with E-state index in [-0.39, 0.29) is 6.61 Å². The topological polar surface area (TPSA) is 20.2 Å². The van der Waals surface area contributed by atoms with E-state index >= 15 is 0 Å². The molecule has 1 N–H and O–H groups in total. The summed E-state index contributed by atoms with van der Waals surface area (Å²) in [5, 5.41) is 8.77. The second kappa shape index (κ2) is 3.56. The van der Waals surface area contributed by atoms with Gasteiger partial charge < -0.3 is 0 Å². The molecule has 10 heavy (non-hydrogen) atoms. The van der Waals surface area contributed by atoms with Gasteiger partial charge in [-0.15, -0.1) is 0 Å². The van der Waals surface area contributed by atoms with Crippen molar-refractivity contribution in [2.24, 2.45) is 0 Å². The molecule has 0 heterocycles. The number of hydrogen-bond acceptors (Lipinski definition) is 1. The number of hydrogen-bond donors (Lipinski definition) is 1. The van der Waals surface area contributed by atoms with Crippen LogP contribution in [0.4, 0.5) is 0 Å². The standard InChI is InChI=1S/C7H8OSe2/c8-4-5-1-6(9)3-7(10)2-5/h1-3,8-10H,4H2. The van der Waals surface area contributed by atoms with Crippen molar-refractivity contribution in [3.8, 4) is 0 Å². The minimum absolute atomic E-state index is 0.121. The van der Waals surface area contributed by atoms with Crippen LogP contribution in [0.3, 0.4) is 0 Å². The molecule has 0 saturated heterocycles. The van der Waals surface area contributed by atoms with Crippen LogP contribution in [0, 0.1) is 0 Å². The number of aliphatic hydroxyl groups is 1. The molecule has 0 aromatic heterocycles. The molecule has 0 atom stereocenters. The van der Waals surface area contributed by atoms with Gasteiger partial charge >= 0.3 is 76.4 Å². The molecule has 0 spiro atoms.